The average Bonchev–Trinajstić information content (AvgIpc) is 3.05. The minimum Gasteiger partial charge on any atom is -0.310 e. The van der Waals surface area contributed by atoms with Gasteiger partial charge in [0.05, 0.1) is 4.90 Å². The molecule has 0 aliphatic carbocycles. The number of hydrogen-bond donors (Lipinski definition) is 2. The van der Waals surface area contributed by atoms with Crippen LogP contribution in [0.2, 0.25) is 0 Å². The quantitative estimate of drug-likeness (QED) is 0.803. The number of hydrogen-bond acceptors (Lipinski definition) is 5. The molecule has 0 spiro atoms. The lowest BCUT2D eigenvalue weighted by Gasteiger charge is -2.12. The van der Waals surface area contributed by atoms with E-state index in [0.717, 1.165) is 22.8 Å². The molecule has 0 saturated carbocycles. The van der Waals surface area contributed by atoms with E-state index in [9.17, 15) is 8.42 Å². The Morgan fingerprint density at radius 3 is 2.90 bits per heavy atom. The van der Waals surface area contributed by atoms with Gasteiger partial charge in [0.15, 0.2) is 0 Å². The van der Waals surface area contributed by atoms with Crippen LogP contribution in [0, 0.1) is 5.92 Å². The normalized spacial score (nSPS) is 19.9. The highest BCUT2D eigenvalue weighted by atomic mass is 32.2. The summed E-state index contributed by atoms with van der Waals surface area (Å²) < 4.78 is 27.5. The number of rotatable bonds is 7. The van der Waals surface area contributed by atoms with Crippen LogP contribution in [0.15, 0.2) is 16.3 Å². The topological polar surface area (TPSA) is 58.2 Å². The van der Waals surface area contributed by atoms with Crippen LogP contribution in [0.25, 0.3) is 0 Å². The maximum Gasteiger partial charge on any atom is 0.241 e. The fourth-order valence-electron chi connectivity index (χ4n) is 2.04. The van der Waals surface area contributed by atoms with Crippen molar-refractivity contribution in [2.24, 2.45) is 5.92 Å². The molecule has 2 rings (SSSR count). The first-order valence-corrected chi connectivity index (χ1v) is 10.4. The lowest BCUT2D eigenvalue weighted by Crippen LogP contribution is -2.30. The summed E-state index contributed by atoms with van der Waals surface area (Å²) in [6, 6.07) is 2.05. The first-order valence-electron chi connectivity index (χ1n) is 6.86. The van der Waals surface area contributed by atoms with E-state index < -0.39 is 10.0 Å². The lowest BCUT2D eigenvalue weighted by molar-refractivity contribution is 0.543. The molecular weight excluding hydrogens is 312 g/mol. The van der Waals surface area contributed by atoms with E-state index in [4.69, 9.17) is 0 Å². The monoisotopic (exact) mass is 334 g/mol. The van der Waals surface area contributed by atoms with Crippen LogP contribution < -0.4 is 10.0 Å². The summed E-state index contributed by atoms with van der Waals surface area (Å²) in [5, 5.41) is 5.12. The van der Waals surface area contributed by atoms with Crippen LogP contribution in [-0.2, 0) is 16.6 Å². The maximum atomic E-state index is 12.4. The number of sulfonamides is 1. The molecule has 1 aliphatic heterocycles. The van der Waals surface area contributed by atoms with Gasteiger partial charge in [-0.05, 0) is 35.3 Å². The van der Waals surface area contributed by atoms with Crippen molar-refractivity contribution >= 4 is 33.1 Å². The summed E-state index contributed by atoms with van der Waals surface area (Å²) in [6.45, 7) is 5.27. The Labute approximate surface area is 129 Å². The zero-order chi connectivity index (χ0) is 14.6. The van der Waals surface area contributed by atoms with Gasteiger partial charge in [-0.2, -0.15) is 11.8 Å². The minimum atomic E-state index is -3.37. The smallest absolute Gasteiger partial charge is 0.241 e. The van der Waals surface area contributed by atoms with Crippen molar-refractivity contribution in [3.05, 3.63) is 16.3 Å². The van der Waals surface area contributed by atoms with Gasteiger partial charge < -0.3 is 5.32 Å². The van der Waals surface area contributed by atoms with Gasteiger partial charge in [0, 0.05) is 24.0 Å². The van der Waals surface area contributed by atoms with Crippen molar-refractivity contribution in [1.82, 2.24) is 10.0 Å². The molecule has 0 amide bonds. The van der Waals surface area contributed by atoms with E-state index in [2.05, 4.69) is 23.9 Å². The second-order valence-corrected chi connectivity index (χ2v) is 9.21. The van der Waals surface area contributed by atoms with Crippen molar-refractivity contribution < 1.29 is 8.42 Å². The van der Waals surface area contributed by atoms with E-state index in [0.29, 0.717) is 29.9 Å². The lowest BCUT2D eigenvalue weighted by atomic mass is 10.1. The molecule has 2 heterocycles. The second-order valence-electron chi connectivity index (χ2n) is 5.33. The molecule has 7 heteroatoms. The third-order valence-electron chi connectivity index (χ3n) is 3.25. The van der Waals surface area contributed by atoms with Crippen molar-refractivity contribution in [3.8, 4) is 0 Å². The third kappa shape index (κ3) is 4.46. The molecule has 1 unspecified atom stereocenters. The van der Waals surface area contributed by atoms with E-state index >= 15 is 0 Å². The number of nitrogens with one attached hydrogen (secondary N) is 2. The van der Waals surface area contributed by atoms with Gasteiger partial charge >= 0.3 is 0 Å². The molecule has 114 valence electrons. The average molecular weight is 335 g/mol. The first kappa shape index (κ1) is 16.3. The van der Waals surface area contributed by atoms with Gasteiger partial charge in [0.2, 0.25) is 10.0 Å². The molecule has 1 aromatic rings. The Hall–Kier alpha value is -0.0800. The Bertz CT molecular complexity index is 519. The minimum absolute atomic E-state index is 0.344. The SMILES string of the molecule is CC(C)NCc1sccc1S(=O)(=O)NCC1CCSC1. The second kappa shape index (κ2) is 7.26. The molecule has 2 N–H and O–H groups in total. The molecule has 1 aliphatic rings. The van der Waals surface area contributed by atoms with Gasteiger partial charge in [0.1, 0.15) is 0 Å². The van der Waals surface area contributed by atoms with E-state index in [1.54, 1.807) is 6.07 Å². The molecule has 0 aromatic carbocycles. The fraction of sp³-hybridized carbons (Fsp3) is 0.692. The van der Waals surface area contributed by atoms with Crippen molar-refractivity contribution in [1.29, 1.82) is 0 Å². The molecule has 20 heavy (non-hydrogen) atoms. The largest absolute Gasteiger partial charge is 0.310 e. The molecule has 1 aromatic heterocycles. The van der Waals surface area contributed by atoms with Crippen LogP contribution in [0.1, 0.15) is 25.1 Å². The summed E-state index contributed by atoms with van der Waals surface area (Å²) >= 11 is 3.39. The Balaban J connectivity index is 1.99. The van der Waals surface area contributed by atoms with Crippen molar-refractivity contribution in [2.45, 2.75) is 37.8 Å². The molecule has 1 saturated heterocycles. The highest BCUT2D eigenvalue weighted by Crippen LogP contribution is 2.25. The first-order chi connectivity index (χ1) is 9.49. The molecule has 4 nitrogen and oxygen atoms in total. The summed E-state index contributed by atoms with van der Waals surface area (Å²) in [4.78, 5) is 1.31. The Morgan fingerprint density at radius 2 is 2.25 bits per heavy atom. The number of thiophene rings is 1. The van der Waals surface area contributed by atoms with Crippen LogP contribution >= 0.6 is 23.1 Å². The van der Waals surface area contributed by atoms with Crippen molar-refractivity contribution in [2.75, 3.05) is 18.1 Å². The summed E-state index contributed by atoms with van der Waals surface area (Å²) in [5.74, 6) is 2.69. The van der Waals surface area contributed by atoms with E-state index in [1.807, 2.05) is 17.1 Å². The number of thioether (sulfide) groups is 1. The Morgan fingerprint density at radius 1 is 1.45 bits per heavy atom. The van der Waals surface area contributed by atoms with Gasteiger partial charge in [-0.25, -0.2) is 13.1 Å². The standard InChI is InChI=1S/C13H22N2O2S3/c1-10(2)14-8-12-13(4-6-19-12)20(16,17)15-7-11-3-5-18-9-11/h4,6,10-11,14-15H,3,5,7-9H2,1-2H3. The maximum absolute atomic E-state index is 12.4. The molecule has 0 radical (unpaired) electrons. The zero-order valence-electron chi connectivity index (χ0n) is 11.9. The molecule has 0 bridgehead atoms. The molecular formula is C13H22N2O2S3. The predicted molar refractivity (Wildman–Crippen MR) is 86.9 cm³/mol. The van der Waals surface area contributed by atoms with Crippen LogP contribution in [0.3, 0.4) is 0 Å². The highest BCUT2D eigenvalue weighted by Gasteiger charge is 2.22. The van der Waals surface area contributed by atoms with E-state index in [-0.39, 0.29) is 0 Å². The third-order valence-corrected chi connectivity index (χ3v) is 7.04. The highest BCUT2D eigenvalue weighted by molar-refractivity contribution is 7.99. The van der Waals surface area contributed by atoms with E-state index in [1.165, 1.54) is 11.3 Å². The Kier molecular flexibility index (Phi) is 5.92. The van der Waals surface area contributed by atoms with Crippen LogP contribution in [-0.4, -0.2) is 32.5 Å². The fourth-order valence-corrected chi connectivity index (χ4v) is 5.84. The van der Waals surface area contributed by atoms with Crippen LogP contribution in [0.4, 0.5) is 0 Å². The van der Waals surface area contributed by atoms with Gasteiger partial charge in [-0.15, -0.1) is 11.3 Å². The summed E-state index contributed by atoms with van der Waals surface area (Å²) in [6.07, 6.45) is 1.11. The van der Waals surface area contributed by atoms with Gasteiger partial charge in [0.25, 0.3) is 0 Å². The van der Waals surface area contributed by atoms with Gasteiger partial charge in [-0.3, -0.25) is 0 Å². The summed E-state index contributed by atoms with van der Waals surface area (Å²) in [5.41, 5.74) is 0. The molecule has 1 atom stereocenters. The zero-order valence-corrected chi connectivity index (χ0v) is 14.3. The van der Waals surface area contributed by atoms with Gasteiger partial charge in [-0.1, -0.05) is 13.8 Å². The summed E-state index contributed by atoms with van der Waals surface area (Å²) in [7, 11) is -3.37. The molecule has 1 fully saturated rings. The van der Waals surface area contributed by atoms with Crippen molar-refractivity contribution in [3.63, 3.8) is 0 Å². The predicted octanol–water partition coefficient (Wildman–Crippen LogP) is 2.28. The van der Waals surface area contributed by atoms with Crippen LogP contribution in [0.5, 0.6) is 0 Å².